The van der Waals surface area contributed by atoms with E-state index in [9.17, 15) is 9.59 Å². The Kier molecular flexibility index (Phi) is 3.38. The summed E-state index contributed by atoms with van der Waals surface area (Å²) >= 11 is 3.08. The standard InChI is InChI=1S/C12H11BrN2O2/c1-8-11(10(16)7-13)12(17)15(14-8)9-5-3-2-4-6-9/h2-6,11H,7H2,1H3. The van der Waals surface area contributed by atoms with Crippen LogP contribution in [-0.4, -0.2) is 22.7 Å². The van der Waals surface area contributed by atoms with Crippen LogP contribution >= 0.6 is 15.9 Å². The van der Waals surface area contributed by atoms with Gasteiger partial charge in [-0.15, -0.1) is 0 Å². The fourth-order valence-electron chi connectivity index (χ4n) is 1.77. The van der Waals surface area contributed by atoms with E-state index in [1.54, 1.807) is 19.1 Å². The topological polar surface area (TPSA) is 49.7 Å². The molecular weight excluding hydrogens is 284 g/mol. The van der Waals surface area contributed by atoms with Crippen LogP contribution in [0, 0.1) is 5.92 Å². The Hall–Kier alpha value is -1.49. The fourth-order valence-corrected chi connectivity index (χ4v) is 2.09. The first-order valence-corrected chi connectivity index (χ1v) is 6.30. The van der Waals surface area contributed by atoms with Gasteiger partial charge in [-0.2, -0.15) is 10.1 Å². The number of para-hydroxylation sites is 1. The van der Waals surface area contributed by atoms with E-state index in [-0.39, 0.29) is 17.0 Å². The number of halogens is 1. The van der Waals surface area contributed by atoms with Crippen molar-refractivity contribution < 1.29 is 9.59 Å². The zero-order chi connectivity index (χ0) is 12.4. The number of anilines is 1. The van der Waals surface area contributed by atoms with E-state index in [2.05, 4.69) is 21.0 Å². The molecule has 0 spiro atoms. The molecule has 1 aromatic rings. The lowest BCUT2D eigenvalue weighted by atomic mass is 10.0. The molecule has 0 radical (unpaired) electrons. The molecule has 0 saturated heterocycles. The summed E-state index contributed by atoms with van der Waals surface area (Å²) in [7, 11) is 0. The lowest BCUT2D eigenvalue weighted by molar-refractivity contribution is -0.127. The molecule has 0 aromatic heterocycles. The number of Topliss-reactive ketones (excluding diaryl/α,β-unsaturated/α-hetero) is 1. The number of hydrogen-bond acceptors (Lipinski definition) is 3. The second kappa shape index (κ2) is 4.79. The summed E-state index contributed by atoms with van der Waals surface area (Å²) in [5.74, 6) is -1.18. The van der Waals surface area contributed by atoms with Crippen molar-refractivity contribution in [1.29, 1.82) is 0 Å². The summed E-state index contributed by atoms with van der Waals surface area (Å²) in [6, 6.07) is 9.09. The molecular formula is C12H11BrN2O2. The number of nitrogens with zero attached hydrogens (tertiary/aromatic N) is 2. The van der Waals surface area contributed by atoms with E-state index in [1.165, 1.54) is 5.01 Å². The Morgan fingerprint density at radius 2 is 2.06 bits per heavy atom. The van der Waals surface area contributed by atoms with Gasteiger partial charge in [0, 0.05) is 0 Å². The lowest BCUT2D eigenvalue weighted by Gasteiger charge is -2.12. The fraction of sp³-hybridized carbons (Fsp3) is 0.250. The normalized spacial score (nSPS) is 19.4. The summed E-state index contributed by atoms with van der Waals surface area (Å²) in [5.41, 5.74) is 1.23. The Morgan fingerprint density at radius 1 is 1.41 bits per heavy atom. The summed E-state index contributed by atoms with van der Waals surface area (Å²) in [5, 5.41) is 5.61. The third-order valence-corrected chi connectivity index (χ3v) is 3.14. The number of amides is 1. The summed E-state index contributed by atoms with van der Waals surface area (Å²) in [6.45, 7) is 1.70. The number of hydrazone groups is 1. The van der Waals surface area contributed by atoms with Gasteiger partial charge in [-0.1, -0.05) is 34.1 Å². The molecule has 1 aromatic carbocycles. The second-order valence-electron chi connectivity index (χ2n) is 3.76. The maximum Gasteiger partial charge on any atom is 0.263 e. The van der Waals surface area contributed by atoms with Crippen molar-refractivity contribution in [2.45, 2.75) is 6.92 Å². The zero-order valence-electron chi connectivity index (χ0n) is 9.26. The van der Waals surface area contributed by atoms with Gasteiger partial charge in [0.05, 0.1) is 16.7 Å². The second-order valence-corrected chi connectivity index (χ2v) is 4.32. The van der Waals surface area contributed by atoms with Crippen molar-refractivity contribution in [3.63, 3.8) is 0 Å². The van der Waals surface area contributed by atoms with Crippen molar-refractivity contribution in [3.8, 4) is 0 Å². The molecule has 1 unspecified atom stereocenters. The monoisotopic (exact) mass is 294 g/mol. The number of ketones is 1. The van der Waals surface area contributed by atoms with Crippen LogP contribution in [0.2, 0.25) is 0 Å². The average molecular weight is 295 g/mol. The predicted molar refractivity (Wildman–Crippen MR) is 69.3 cm³/mol. The van der Waals surface area contributed by atoms with E-state index >= 15 is 0 Å². The van der Waals surface area contributed by atoms with Crippen molar-refractivity contribution in [2.24, 2.45) is 11.0 Å². The first-order chi connectivity index (χ1) is 8.15. The Labute approximate surface area is 107 Å². The quantitative estimate of drug-likeness (QED) is 0.632. The maximum atomic E-state index is 12.1. The molecule has 5 heteroatoms. The molecule has 1 amide bonds. The van der Waals surface area contributed by atoms with E-state index < -0.39 is 5.92 Å². The molecule has 0 N–H and O–H groups in total. The Balaban J connectivity index is 2.31. The van der Waals surface area contributed by atoms with Gasteiger partial charge in [0.25, 0.3) is 5.91 Å². The van der Waals surface area contributed by atoms with Gasteiger partial charge in [-0.05, 0) is 19.1 Å². The number of rotatable bonds is 3. The van der Waals surface area contributed by atoms with Gasteiger partial charge in [0.15, 0.2) is 5.78 Å². The molecule has 1 aliphatic heterocycles. The predicted octanol–water partition coefficient (Wildman–Crippen LogP) is 1.99. The molecule has 2 rings (SSSR count). The zero-order valence-corrected chi connectivity index (χ0v) is 10.8. The minimum Gasteiger partial charge on any atom is -0.297 e. The Morgan fingerprint density at radius 3 is 2.65 bits per heavy atom. The summed E-state index contributed by atoms with van der Waals surface area (Å²) in [6.07, 6.45) is 0. The first kappa shape index (κ1) is 12.0. The van der Waals surface area contributed by atoms with E-state index in [4.69, 9.17) is 0 Å². The summed E-state index contributed by atoms with van der Waals surface area (Å²) < 4.78 is 0. The van der Waals surface area contributed by atoms with Gasteiger partial charge in [0.1, 0.15) is 5.92 Å². The van der Waals surface area contributed by atoms with Crippen LogP contribution in [0.1, 0.15) is 6.92 Å². The van der Waals surface area contributed by atoms with Gasteiger partial charge in [-0.3, -0.25) is 9.59 Å². The molecule has 0 bridgehead atoms. The minimum absolute atomic E-state index is 0.158. The molecule has 1 aliphatic rings. The minimum atomic E-state index is -0.741. The van der Waals surface area contributed by atoms with E-state index in [0.29, 0.717) is 11.4 Å². The smallest absolute Gasteiger partial charge is 0.263 e. The van der Waals surface area contributed by atoms with Crippen LogP contribution in [0.25, 0.3) is 0 Å². The molecule has 1 heterocycles. The molecule has 0 aliphatic carbocycles. The highest BCUT2D eigenvalue weighted by molar-refractivity contribution is 9.09. The van der Waals surface area contributed by atoms with Crippen LogP contribution in [0.3, 0.4) is 0 Å². The van der Waals surface area contributed by atoms with Crippen molar-refractivity contribution in [1.82, 2.24) is 0 Å². The van der Waals surface area contributed by atoms with Gasteiger partial charge < -0.3 is 0 Å². The van der Waals surface area contributed by atoms with Crippen molar-refractivity contribution in [2.75, 3.05) is 10.3 Å². The third-order valence-electron chi connectivity index (χ3n) is 2.59. The van der Waals surface area contributed by atoms with Crippen LogP contribution in [0.5, 0.6) is 0 Å². The van der Waals surface area contributed by atoms with Crippen LogP contribution < -0.4 is 5.01 Å². The summed E-state index contributed by atoms with van der Waals surface area (Å²) in [4.78, 5) is 23.7. The highest BCUT2D eigenvalue weighted by Gasteiger charge is 2.38. The van der Waals surface area contributed by atoms with Gasteiger partial charge in [0.2, 0.25) is 0 Å². The Bertz CT molecular complexity index is 485. The van der Waals surface area contributed by atoms with Crippen LogP contribution in [0.15, 0.2) is 35.4 Å². The highest BCUT2D eigenvalue weighted by atomic mass is 79.9. The molecule has 17 heavy (non-hydrogen) atoms. The van der Waals surface area contributed by atoms with Crippen molar-refractivity contribution in [3.05, 3.63) is 30.3 Å². The number of hydrogen-bond donors (Lipinski definition) is 0. The highest BCUT2D eigenvalue weighted by Crippen LogP contribution is 2.24. The molecule has 0 fully saturated rings. The largest absolute Gasteiger partial charge is 0.297 e. The maximum absolute atomic E-state index is 12.1. The number of benzene rings is 1. The molecule has 4 nitrogen and oxygen atoms in total. The van der Waals surface area contributed by atoms with Crippen molar-refractivity contribution >= 4 is 39.0 Å². The SMILES string of the molecule is CC1=NN(c2ccccc2)C(=O)C1C(=O)CBr. The van der Waals surface area contributed by atoms with Gasteiger partial charge >= 0.3 is 0 Å². The first-order valence-electron chi connectivity index (χ1n) is 5.18. The van der Waals surface area contributed by atoms with E-state index in [0.717, 1.165) is 0 Å². The molecule has 0 saturated carbocycles. The average Bonchev–Trinajstić information content (AvgIpc) is 2.65. The molecule has 1 atom stereocenters. The third kappa shape index (κ3) is 2.15. The van der Waals surface area contributed by atoms with Crippen LogP contribution in [-0.2, 0) is 9.59 Å². The number of alkyl halides is 1. The number of carbonyl (C=O) groups is 2. The lowest BCUT2D eigenvalue weighted by Crippen LogP contribution is -2.33. The van der Waals surface area contributed by atoms with E-state index in [1.807, 2.05) is 18.2 Å². The van der Waals surface area contributed by atoms with Crippen LogP contribution in [0.4, 0.5) is 5.69 Å². The van der Waals surface area contributed by atoms with Gasteiger partial charge in [-0.25, -0.2) is 0 Å². The molecule has 88 valence electrons. The number of carbonyl (C=O) groups excluding carboxylic acids is 2.